The zero-order chi connectivity index (χ0) is 21.7. The third-order valence-corrected chi connectivity index (χ3v) is 4.90. The molecule has 1 heterocycles. The maximum absolute atomic E-state index is 12.6. The highest BCUT2D eigenvalue weighted by Crippen LogP contribution is 2.25. The van der Waals surface area contributed by atoms with Crippen molar-refractivity contribution < 1.29 is 14.1 Å². The summed E-state index contributed by atoms with van der Waals surface area (Å²) in [6.45, 7) is 8.49. The van der Waals surface area contributed by atoms with Gasteiger partial charge in [-0.25, -0.2) is 0 Å². The summed E-state index contributed by atoms with van der Waals surface area (Å²) >= 11 is 5.89. The molecule has 158 valence electrons. The van der Waals surface area contributed by atoms with Gasteiger partial charge in [-0.05, 0) is 53.8 Å². The maximum atomic E-state index is 12.6. The second-order valence-corrected chi connectivity index (χ2v) is 8.46. The van der Waals surface area contributed by atoms with Crippen LogP contribution in [-0.4, -0.2) is 22.2 Å². The molecule has 2 aromatic carbocycles. The smallest absolute Gasteiger partial charge is 0.261 e. The first kappa shape index (κ1) is 21.8. The van der Waals surface area contributed by atoms with Crippen molar-refractivity contribution in [2.24, 2.45) is 0 Å². The van der Waals surface area contributed by atoms with E-state index in [2.05, 4.69) is 36.2 Å². The molecular weight excluding hydrogens is 402 g/mol. The molecule has 0 bridgehead atoms. The van der Waals surface area contributed by atoms with E-state index in [4.69, 9.17) is 20.9 Å². The Morgan fingerprint density at radius 1 is 1.13 bits per heavy atom. The fourth-order valence-electron chi connectivity index (χ4n) is 2.84. The molecule has 0 saturated carbocycles. The van der Waals surface area contributed by atoms with Crippen LogP contribution in [0, 0.1) is 0 Å². The maximum Gasteiger partial charge on any atom is 0.261 e. The molecule has 0 saturated heterocycles. The zero-order valence-corrected chi connectivity index (χ0v) is 18.4. The Bertz CT molecular complexity index is 976. The minimum Gasteiger partial charge on any atom is -0.481 e. The standard InChI is InChI=1S/C23H26ClN3O3/c1-5-19(29-18-12-8-16(9-13-18)23(2,3)4)22(28)25-14-20-26-21(27-30-20)15-6-10-17(24)11-7-15/h6-13,19H,5,14H2,1-4H3,(H,25,28)/t19-/m0/s1. The molecule has 0 aliphatic rings. The van der Waals surface area contributed by atoms with E-state index in [1.165, 1.54) is 5.56 Å². The van der Waals surface area contributed by atoms with E-state index in [-0.39, 0.29) is 17.9 Å². The van der Waals surface area contributed by atoms with Gasteiger partial charge in [-0.3, -0.25) is 4.79 Å². The highest BCUT2D eigenvalue weighted by Gasteiger charge is 2.20. The van der Waals surface area contributed by atoms with Crippen molar-refractivity contribution in [3.8, 4) is 17.1 Å². The third kappa shape index (κ3) is 5.60. The number of nitrogens with zero attached hydrogens (tertiary/aromatic N) is 2. The van der Waals surface area contributed by atoms with Crippen LogP contribution in [-0.2, 0) is 16.8 Å². The lowest BCUT2D eigenvalue weighted by Gasteiger charge is -2.20. The van der Waals surface area contributed by atoms with Crippen LogP contribution in [0.15, 0.2) is 53.1 Å². The number of carbonyl (C=O) groups is 1. The van der Waals surface area contributed by atoms with Gasteiger partial charge in [0.25, 0.3) is 5.91 Å². The molecule has 1 aromatic heterocycles. The van der Waals surface area contributed by atoms with Crippen LogP contribution in [0.5, 0.6) is 5.75 Å². The Morgan fingerprint density at radius 3 is 2.40 bits per heavy atom. The number of hydrogen-bond donors (Lipinski definition) is 1. The summed E-state index contributed by atoms with van der Waals surface area (Å²) in [7, 11) is 0. The van der Waals surface area contributed by atoms with Gasteiger partial charge in [0.2, 0.25) is 11.7 Å². The first-order valence-electron chi connectivity index (χ1n) is 9.89. The number of amides is 1. The Labute approximate surface area is 181 Å². The number of nitrogens with one attached hydrogen (secondary N) is 1. The highest BCUT2D eigenvalue weighted by molar-refractivity contribution is 6.30. The number of benzene rings is 2. The average molecular weight is 428 g/mol. The Kier molecular flexibility index (Phi) is 6.77. The molecule has 0 radical (unpaired) electrons. The second-order valence-electron chi connectivity index (χ2n) is 8.03. The predicted octanol–water partition coefficient (Wildman–Crippen LogP) is 5.16. The summed E-state index contributed by atoms with van der Waals surface area (Å²) in [6.07, 6.45) is -0.0728. The van der Waals surface area contributed by atoms with Crippen LogP contribution in [0.25, 0.3) is 11.4 Å². The fourth-order valence-corrected chi connectivity index (χ4v) is 2.97. The van der Waals surface area contributed by atoms with Crippen LogP contribution in [0.1, 0.15) is 45.6 Å². The first-order chi connectivity index (χ1) is 14.3. The van der Waals surface area contributed by atoms with Gasteiger partial charge in [-0.2, -0.15) is 4.98 Å². The third-order valence-electron chi connectivity index (χ3n) is 4.65. The average Bonchev–Trinajstić information content (AvgIpc) is 3.19. The van der Waals surface area contributed by atoms with Crippen LogP contribution < -0.4 is 10.1 Å². The molecule has 0 spiro atoms. The molecule has 1 N–H and O–H groups in total. The minimum atomic E-state index is -0.607. The molecule has 7 heteroatoms. The van der Waals surface area contributed by atoms with E-state index in [0.29, 0.717) is 28.9 Å². The van der Waals surface area contributed by atoms with Crippen molar-refractivity contribution in [3.05, 3.63) is 65.0 Å². The number of carbonyl (C=O) groups excluding carboxylic acids is 1. The van der Waals surface area contributed by atoms with Gasteiger partial charge in [0.1, 0.15) is 5.75 Å². The molecule has 0 aliphatic heterocycles. The van der Waals surface area contributed by atoms with Gasteiger partial charge in [0, 0.05) is 10.6 Å². The lowest BCUT2D eigenvalue weighted by Crippen LogP contribution is -2.37. The summed E-state index contributed by atoms with van der Waals surface area (Å²) in [5.41, 5.74) is 2.06. The molecule has 1 atom stereocenters. The van der Waals surface area contributed by atoms with Crippen LogP contribution in [0.4, 0.5) is 0 Å². The van der Waals surface area contributed by atoms with Crippen LogP contribution >= 0.6 is 11.6 Å². The van der Waals surface area contributed by atoms with Crippen molar-refractivity contribution in [2.75, 3.05) is 0 Å². The lowest BCUT2D eigenvalue weighted by atomic mass is 9.87. The molecule has 0 aliphatic carbocycles. The van der Waals surface area contributed by atoms with E-state index >= 15 is 0 Å². The normalized spacial score (nSPS) is 12.4. The molecule has 6 nitrogen and oxygen atoms in total. The van der Waals surface area contributed by atoms with Gasteiger partial charge in [-0.1, -0.05) is 56.6 Å². The fraction of sp³-hybridized carbons (Fsp3) is 0.348. The van der Waals surface area contributed by atoms with Gasteiger partial charge in [0.15, 0.2) is 6.10 Å². The van der Waals surface area contributed by atoms with E-state index in [1.54, 1.807) is 24.3 Å². The molecule has 1 amide bonds. The number of rotatable bonds is 7. The second kappa shape index (κ2) is 9.30. The molecule has 3 rings (SSSR count). The lowest BCUT2D eigenvalue weighted by molar-refractivity contribution is -0.128. The Morgan fingerprint density at radius 2 is 1.80 bits per heavy atom. The minimum absolute atomic E-state index is 0.0645. The van der Waals surface area contributed by atoms with E-state index in [1.807, 2.05) is 31.2 Å². The quantitative estimate of drug-likeness (QED) is 0.563. The summed E-state index contributed by atoms with van der Waals surface area (Å²) in [6, 6.07) is 15.0. The molecule has 0 fully saturated rings. The number of ether oxygens (including phenoxy) is 1. The van der Waals surface area contributed by atoms with Crippen molar-refractivity contribution in [1.29, 1.82) is 0 Å². The zero-order valence-electron chi connectivity index (χ0n) is 17.6. The molecule has 30 heavy (non-hydrogen) atoms. The van der Waals surface area contributed by atoms with Crippen molar-refractivity contribution >= 4 is 17.5 Å². The van der Waals surface area contributed by atoms with Gasteiger partial charge < -0.3 is 14.6 Å². The summed E-state index contributed by atoms with van der Waals surface area (Å²) < 4.78 is 11.1. The van der Waals surface area contributed by atoms with Crippen molar-refractivity contribution in [3.63, 3.8) is 0 Å². The van der Waals surface area contributed by atoms with Crippen molar-refractivity contribution in [2.45, 2.75) is 52.2 Å². The summed E-state index contributed by atoms with van der Waals surface area (Å²) in [5.74, 6) is 1.19. The van der Waals surface area contributed by atoms with Gasteiger partial charge in [-0.15, -0.1) is 0 Å². The first-order valence-corrected chi connectivity index (χ1v) is 10.3. The largest absolute Gasteiger partial charge is 0.481 e. The molecule has 3 aromatic rings. The van der Waals surface area contributed by atoms with Crippen molar-refractivity contribution in [1.82, 2.24) is 15.5 Å². The van der Waals surface area contributed by atoms with E-state index in [0.717, 1.165) is 5.56 Å². The number of aromatic nitrogens is 2. The molecule has 0 unspecified atom stereocenters. The number of hydrogen-bond acceptors (Lipinski definition) is 5. The highest BCUT2D eigenvalue weighted by atomic mass is 35.5. The van der Waals surface area contributed by atoms with E-state index < -0.39 is 6.10 Å². The summed E-state index contributed by atoms with van der Waals surface area (Å²) in [4.78, 5) is 16.9. The Balaban J connectivity index is 1.57. The monoisotopic (exact) mass is 427 g/mol. The van der Waals surface area contributed by atoms with Crippen LogP contribution in [0.3, 0.4) is 0 Å². The van der Waals surface area contributed by atoms with E-state index in [9.17, 15) is 4.79 Å². The predicted molar refractivity (Wildman–Crippen MR) is 116 cm³/mol. The number of halogens is 1. The Hall–Kier alpha value is -2.86. The summed E-state index contributed by atoms with van der Waals surface area (Å²) in [5, 5.41) is 7.37. The topological polar surface area (TPSA) is 77.2 Å². The molecular formula is C23H26ClN3O3. The SMILES string of the molecule is CC[C@H](Oc1ccc(C(C)(C)C)cc1)C(=O)NCc1nc(-c2ccc(Cl)cc2)no1. The van der Waals surface area contributed by atoms with Crippen LogP contribution in [0.2, 0.25) is 5.02 Å². The van der Waals surface area contributed by atoms with Gasteiger partial charge in [0.05, 0.1) is 6.54 Å². The van der Waals surface area contributed by atoms with Gasteiger partial charge >= 0.3 is 0 Å².